The molecule has 16 heavy (non-hydrogen) atoms. The first-order valence-corrected chi connectivity index (χ1v) is 6.37. The standard InChI is InChI=1S/C12H25NO3/c1-2-14-7-3-5-13-6-9-16-11-12-4-8-15-10-12/h12-13H,2-11H2,1H3. The predicted octanol–water partition coefficient (Wildman–Crippen LogP) is 1.06. The Morgan fingerprint density at radius 1 is 1.25 bits per heavy atom. The fraction of sp³-hybridized carbons (Fsp3) is 1.00. The van der Waals surface area contributed by atoms with E-state index in [0.717, 1.165) is 65.6 Å². The van der Waals surface area contributed by atoms with Gasteiger partial charge in [-0.2, -0.15) is 0 Å². The largest absolute Gasteiger partial charge is 0.382 e. The monoisotopic (exact) mass is 231 g/mol. The minimum absolute atomic E-state index is 0.623. The third-order valence-electron chi connectivity index (χ3n) is 2.65. The van der Waals surface area contributed by atoms with Crippen molar-refractivity contribution in [2.45, 2.75) is 19.8 Å². The molecular weight excluding hydrogens is 206 g/mol. The summed E-state index contributed by atoms with van der Waals surface area (Å²) in [6.07, 6.45) is 2.23. The van der Waals surface area contributed by atoms with Crippen LogP contribution >= 0.6 is 0 Å². The average Bonchev–Trinajstić information content (AvgIpc) is 2.80. The van der Waals surface area contributed by atoms with Crippen LogP contribution in [0.25, 0.3) is 0 Å². The van der Waals surface area contributed by atoms with Crippen LogP contribution in [-0.2, 0) is 14.2 Å². The Hall–Kier alpha value is -0.160. The average molecular weight is 231 g/mol. The van der Waals surface area contributed by atoms with Gasteiger partial charge in [0, 0.05) is 32.3 Å². The van der Waals surface area contributed by atoms with Gasteiger partial charge < -0.3 is 19.5 Å². The molecule has 0 aromatic rings. The zero-order valence-corrected chi connectivity index (χ0v) is 10.4. The van der Waals surface area contributed by atoms with Crippen LogP contribution in [0.5, 0.6) is 0 Å². The molecule has 0 aromatic heterocycles. The number of nitrogens with one attached hydrogen (secondary N) is 1. The zero-order valence-electron chi connectivity index (χ0n) is 10.4. The van der Waals surface area contributed by atoms with E-state index < -0.39 is 0 Å². The molecular formula is C12H25NO3. The number of ether oxygens (including phenoxy) is 3. The minimum Gasteiger partial charge on any atom is -0.382 e. The summed E-state index contributed by atoms with van der Waals surface area (Å²) in [5.74, 6) is 0.623. The maximum Gasteiger partial charge on any atom is 0.0591 e. The molecule has 0 bridgehead atoms. The summed E-state index contributed by atoms with van der Waals surface area (Å²) < 4.78 is 16.1. The molecule has 1 atom stereocenters. The summed E-state index contributed by atoms with van der Waals surface area (Å²) in [7, 11) is 0. The van der Waals surface area contributed by atoms with Crippen LogP contribution in [0.2, 0.25) is 0 Å². The van der Waals surface area contributed by atoms with Gasteiger partial charge in [-0.25, -0.2) is 0 Å². The van der Waals surface area contributed by atoms with Gasteiger partial charge in [-0.1, -0.05) is 0 Å². The molecule has 1 aliphatic rings. The summed E-state index contributed by atoms with van der Waals surface area (Å²) in [5, 5.41) is 3.33. The second kappa shape index (κ2) is 10.0. The quantitative estimate of drug-likeness (QED) is 0.571. The van der Waals surface area contributed by atoms with Crippen molar-refractivity contribution in [3.8, 4) is 0 Å². The number of rotatable bonds is 10. The summed E-state index contributed by atoms with van der Waals surface area (Å²) in [6.45, 7) is 9.05. The number of hydrogen-bond donors (Lipinski definition) is 1. The zero-order chi connectivity index (χ0) is 11.5. The molecule has 1 aliphatic heterocycles. The van der Waals surface area contributed by atoms with Crippen LogP contribution in [0.1, 0.15) is 19.8 Å². The van der Waals surface area contributed by atoms with Gasteiger partial charge in [0.05, 0.1) is 19.8 Å². The van der Waals surface area contributed by atoms with E-state index in [4.69, 9.17) is 14.2 Å². The van der Waals surface area contributed by atoms with Crippen molar-refractivity contribution in [1.29, 1.82) is 0 Å². The Bertz CT molecular complexity index is 149. The fourth-order valence-electron chi connectivity index (χ4n) is 1.68. The first-order valence-electron chi connectivity index (χ1n) is 6.37. The van der Waals surface area contributed by atoms with Crippen LogP contribution in [0.3, 0.4) is 0 Å². The van der Waals surface area contributed by atoms with Crippen molar-refractivity contribution in [2.24, 2.45) is 5.92 Å². The summed E-state index contributed by atoms with van der Waals surface area (Å²) >= 11 is 0. The van der Waals surface area contributed by atoms with Crippen molar-refractivity contribution in [3.05, 3.63) is 0 Å². The lowest BCUT2D eigenvalue weighted by molar-refractivity contribution is 0.0907. The summed E-state index contributed by atoms with van der Waals surface area (Å²) in [5.41, 5.74) is 0. The summed E-state index contributed by atoms with van der Waals surface area (Å²) in [4.78, 5) is 0. The van der Waals surface area contributed by atoms with Crippen LogP contribution in [-0.4, -0.2) is 52.7 Å². The van der Waals surface area contributed by atoms with E-state index in [1.165, 1.54) is 0 Å². The smallest absolute Gasteiger partial charge is 0.0591 e. The van der Waals surface area contributed by atoms with Gasteiger partial charge in [-0.05, 0) is 26.3 Å². The molecule has 4 nitrogen and oxygen atoms in total. The van der Waals surface area contributed by atoms with Gasteiger partial charge >= 0.3 is 0 Å². The van der Waals surface area contributed by atoms with Gasteiger partial charge in [-0.15, -0.1) is 0 Å². The Labute approximate surface area is 98.6 Å². The molecule has 1 rings (SSSR count). The van der Waals surface area contributed by atoms with Crippen molar-refractivity contribution < 1.29 is 14.2 Å². The molecule has 0 radical (unpaired) electrons. The third-order valence-corrected chi connectivity index (χ3v) is 2.65. The molecule has 4 heteroatoms. The molecule has 1 unspecified atom stereocenters. The van der Waals surface area contributed by atoms with E-state index in [1.54, 1.807) is 0 Å². The first kappa shape index (κ1) is 13.9. The van der Waals surface area contributed by atoms with Crippen LogP contribution in [0, 0.1) is 5.92 Å². The van der Waals surface area contributed by atoms with Crippen molar-refractivity contribution >= 4 is 0 Å². The van der Waals surface area contributed by atoms with Crippen molar-refractivity contribution in [2.75, 3.05) is 52.7 Å². The SMILES string of the molecule is CCOCCCNCCOCC1CCOC1. The lowest BCUT2D eigenvalue weighted by atomic mass is 10.1. The van der Waals surface area contributed by atoms with Crippen LogP contribution < -0.4 is 5.32 Å². The third kappa shape index (κ3) is 7.17. The second-order valence-corrected chi connectivity index (χ2v) is 4.11. The van der Waals surface area contributed by atoms with Gasteiger partial charge in [0.1, 0.15) is 0 Å². The van der Waals surface area contributed by atoms with Crippen molar-refractivity contribution in [1.82, 2.24) is 5.32 Å². The maximum absolute atomic E-state index is 5.57. The summed E-state index contributed by atoms with van der Waals surface area (Å²) in [6, 6.07) is 0. The molecule has 0 aliphatic carbocycles. The van der Waals surface area contributed by atoms with Crippen molar-refractivity contribution in [3.63, 3.8) is 0 Å². The molecule has 1 heterocycles. The highest BCUT2D eigenvalue weighted by atomic mass is 16.5. The Balaban J connectivity index is 1.71. The van der Waals surface area contributed by atoms with Gasteiger partial charge in [-0.3, -0.25) is 0 Å². The van der Waals surface area contributed by atoms with E-state index in [-0.39, 0.29) is 0 Å². The van der Waals surface area contributed by atoms with Gasteiger partial charge in [0.2, 0.25) is 0 Å². The van der Waals surface area contributed by atoms with E-state index in [0.29, 0.717) is 5.92 Å². The van der Waals surface area contributed by atoms with E-state index in [9.17, 15) is 0 Å². The predicted molar refractivity (Wildman–Crippen MR) is 63.7 cm³/mol. The maximum atomic E-state index is 5.57. The van der Waals surface area contributed by atoms with E-state index >= 15 is 0 Å². The number of hydrogen-bond acceptors (Lipinski definition) is 4. The molecule has 0 saturated carbocycles. The molecule has 0 aromatic carbocycles. The Morgan fingerprint density at radius 3 is 2.94 bits per heavy atom. The fourth-order valence-corrected chi connectivity index (χ4v) is 1.68. The molecule has 96 valence electrons. The molecule has 1 N–H and O–H groups in total. The van der Waals surface area contributed by atoms with Crippen LogP contribution in [0.4, 0.5) is 0 Å². The van der Waals surface area contributed by atoms with Gasteiger partial charge in [0.25, 0.3) is 0 Å². The highest BCUT2D eigenvalue weighted by Crippen LogP contribution is 2.11. The molecule has 0 spiro atoms. The highest BCUT2D eigenvalue weighted by molar-refractivity contribution is 4.62. The highest BCUT2D eigenvalue weighted by Gasteiger charge is 2.14. The lowest BCUT2D eigenvalue weighted by Crippen LogP contribution is -2.23. The first-order chi connectivity index (χ1) is 7.93. The molecule has 1 saturated heterocycles. The van der Waals surface area contributed by atoms with E-state index in [2.05, 4.69) is 5.32 Å². The topological polar surface area (TPSA) is 39.7 Å². The minimum atomic E-state index is 0.623. The Kier molecular flexibility index (Phi) is 8.71. The molecule has 1 fully saturated rings. The Morgan fingerprint density at radius 2 is 2.19 bits per heavy atom. The molecule has 0 amide bonds. The normalized spacial score (nSPS) is 20.4. The van der Waals surface area contributed by atoms with E-state index in [1.807, 2.05) is 6.92 Å². The van der Waals surface area contributed by atoms with Crippen LogP contribution in [0.15, 0.2) is 0 Å². The van der Waals surface area contributed by atoms with Gasteiger partial charge in [0.15, 0.2) is 0 Å². The second-order valence-electron chi connectivity index (χ2n) is 4.11. The lowest BCUT2D eigenvalue weighted by Gasteiger charge is -2.09.